The smallest absolute Gasteiger partial charge is 0.306 e. The van der Waals surface area contributed by atoms with Crippen LogP contribution in [0.3, 0.4) is 0 Å². The van der Waals surface area contributed by atoms with Gasteiger partial charge in [-0.25, -0.2) is 0 Å². The monoisotopic (exact) mass is 294 g/mol. The van der Waals surface area contributed by atoms with Crippen molar-refractivity contribution in [2.45, 2.75) is 53.6 Å². The third-order valence-electron chi connectivity index (χ3n) is 2.54. The van der Waals surface area contributed by atoms with Crippen molar-refractivity contribution < 1.29 is 22.1 Å². The molecule has 0 fully saturated rings. The van der Waals surface area contributed by atoms with Crippen LogP contribution in [0.4, 0.5) is 0 Å². The maximum Gasteiger partial charge on any atom is 0.306 e. The normalized spacial score (nSPS) is 15.1. The highest BCUT2D eigenvalue weighted by molar-refractivity contribution is 7.85. The highest BCUT2D eigenvalue weighted by Crippen LogP contribution is 2.30. The second-order valence-electron chi connectivity index (χ2n) is 6.84. The van der Waals surface area contributed by atoms with Gasteiger partial charge in [0.05, 0.1) is 19.3 Å². The van der Waals surface area contributed by atoms with Gasteiger partial charge in [0, 0.05) is 0 Å². The number of hydrogen-bond acceptors (Lipinski definition) is 5. The number of esters is 1. The second kappa shape index (κ2) is 6.22. The molecule has 114 valence electrons. The van der Waals surface area contributed by atoms with Crippen LogP contribution in [0.25, 0.3) is 0 Å². The number of carbonyl (C=O) groups is 1. The molecular weight excluding hydrogens is 268 g/mol. The molecule has 0 bridgehead atoms. The van der Waals surface area contributed by atoms with Gasteiger partial charge in [0.2, 0.25) is 0 Å². The van der Waals surface area contributed by atoms with Crippen LogP contribution in [0, 0.1) is 11.3 Å². The molecule has 0 aliphatic carbocycles. The number of rotatable bonds is 5. The van der Waals surface area contributed by atoms with E-state index in [-0.39, 0.29) is 30.3 Å². The summed E-state index contributed by atoms with van der Waals surface area (Å²) in [6.45, 7) is 11.2. The Labute approximate surface area is 116 Å². The van der Waals surface area contributed by atoms with Crippen molar-refractivity contribution >= 4 is 16.1 Å². The van der Waals surface area contributed by atoms with Crippen LogP contribution in [0.15, 0.2) is 0 Å². The van der Waals surface area contributed by atoms with Gasteiger partial charge in [0.15, 0.2) is 0 Å². The fourth-order valence-corrected chi connectivity index (χ4v) is 1.82. The van der Waals surface area contributed by atoms with Gasteiger partial charge in [-0.05, 0) is 32.1 Å². The van der Waals surface area contributed by atoms with Crippen LogP contribution in [0.5, 0.6) is 0 Å². The summed E-state index contributed by atoms with van der Waals surface area (Å²) in [6, 6.07) is 0. The van der Waals surface area contributed by atoms with E-state index in [1.54, 1.807) is 20.8 Å². The van der Waals surface area contributed by atoms with Crippen LogP contribution < -0.4 is 0 Å². The minimum absolute atomic E-state index is 0.0123. The predicted molar refractivity (Wildman–Crippen MR) is 74.2 cm³/mol. The maximum absolute atomic E-state index is 11.8. The SMILES string of the molecule is CC(C)(C)OC(=O)C[C@@H](COS(C)(=O)=O)C(C)(C)C. The number of ether oxygens (including phenoxy) is 1. The summed E-state index contributed by atoms with van der Waals surface area (Å²) in [6.07, 6.45) is 1.14. The molecule has 0 unspecified atom stereocenters. The first-order chi connectivity index (χ1) is 8.21. The Morgan fingerprint density at radius 1 is 1.11 bits per heavy atom. The van der Waals surface area contributed by atoms with Gasteiger partial charge in [-0.3, -0.25) is 8.98 Å². The first-order valence-corrected chi connectivity index (χ1v) is 8.08. The lowest BCUT2D eigenvalue weighted by atomic mass is 9.79. The Morgan fingerprint density at radius 3 is 1.89 bits per heavy atom. The summed E-state index contributed by atoms with van der Waals surface area (Å²) in [5, 5.41) is 0. The topological polar surface area (TPSA) is 69.7 Å². The molecule has 0 amide bonds. The van der Waals surface area contributed by atoms with Gasteiger partial charge >= 0.3 is 5.97 Å². The zero-order chi connectivity index (χ0) is 15.5. The lowest BCUT2D eigenvalue weighted by molar-refractivity contribution is -0.157. The van der Waals surface area contributed by atoms with Gasteiger partial charge < -0.3 is 4.74 Å². The summed E-state index contributed by atoms with van der Waals surface area (Å²) >= 11 is 0. The highest BCUT2D eigenvalue weighted by atomic mass is 32.2. The largest absolute Gasteiger partial charge is 0.460 e. The van der Waals surface area contributed by atoms with Crippen LogP contribution in [-0.4, -0.2) is 32.9 Å². The van der Waals surface area contributed by atoms with Gasteiger partial charge in [0.1, 0.15) is 5.60 Å². The van der Waals surface area contributed by atoms with E-state index in [1.165, 1.54) is 0 Å². The summed E-state index contributed by atoms with van der Waals surface area (Å²) in [7, 11) is -3.50. The summed E-state index contributed by atoms with van der Waals surface area (Å²) in [5.74, 6) is -0.568. The van der Waals surface area contributed by atoms with E-state index in [4.69, 9.17) is 8.92 Å². The molecule has 0 spiro atoms. The maximum atomic E-state index is 11.8. The van der Waals surface area contributed by atoms with Crippen LogP contribution >= 0.6 is 0 Å². The molecule has 0 aliphatic heterocycles. The van der Waals surface area contributed by atoms with Crippen molar-refractivity contribution in [2.24, 2.45) is 11.3 Å². The van der Waals surface area contributed by atoms with E-state index in [2.05, 4.69) is 0 Å². The molecule has 19 heavy (non-hydrogen) atoms. The molecule has 0 aliphatic rings. The Bertz CT molecular complexity index is 398. The molecule has 0 radical (unpaired) electrons. The third-order valence-corrected chi connectivity index (χ3v) is 3.11. The van der Waals surface area contributed by atoms with E-state index in [9.17, 15) is 13.2 Å². The first kappa shape index (κ1) is 18.4. The average Bonchev–Trinajstić information content (AvgIpc) is 2.05. The molecule has 0 saturated carbocycles. The highest BCUT2D eigenvalue weighted by Gasteiger charge is 2.30. The molecule has 0 aromatic heterocycles. The summed E-state index contributed by atoms with van der Waals surface area (Å²) in [4.78, 5) is 11.8. The molecule has 0 heterocycles. The summed E-state index contributed by atoms with van der Waals surface area (Å²) < 4.78 is 32.1. The standard InChI is InChI=1S/C13H26O5S/c1-12(2,3)10(9-17-19(7,15)16)8-11(14)18-13(4,5)6/h10H,8-9H2,1-7H3/t10-/m0/s1. The Balaban J connectivity index is 4.67. The van der Waals surface area contributed by atoms with E-state index in [1.807, 2.05) is 20.8 Å². The van der Waals surface area contributed by atoms with Gasteiger partial charge in [-0.15, -0.1) is 0 Å². The van der Waals surface area contributed by atoms with Crippen molar-refractivity contribution in [3.63, 3.8) is 0 Å². The minimum atomic E-state index is -3.50. The van der Waals surface area contributed by atoms with Crippen LogP contribution in [-0.2, 0) is 23.8 Å². The first-order valence-electron chi connectivity index (χ1n) is 6.27. The minimum Gasteiger partial charge on any atom is -0.460 e. The van der Waals surface area contributed by atoms with E-state index in [0.717, 1.165) is 6.26 Å². The lowest BCUT2D eigenvalue weighted by Crippen LogP contribution is -2.32. The zero-order valence-electron chi connectivity index (χ0n) is 12.9. The van der Waals surface area contributed by atoms with Crippen molar-refractivity contribution in [1.29, 1.82) is 0 Å². The van der Waals surface area contributed by atoms with Crippen molar-refractivity contribution in [1.82, 2.24) is 0 Å². The van der Waals surface area contributed by atoms with Gasteiger partial charge in [-0.1, -0.05) is 20.8 Å². The predicted octanol–water partition coefficient (Wildman–Crippen LogP) is 2.36. The molecule has 0 N–H and O–H groups in total. The third kappa shape index (κ3) is 9.90. The van der Waals surface area contributed by atoms with Crippen LogP contribution in [0.2, 0.25) is 0 Å². The fraction of sp³-hybridized carbons (Fsp3) is 0.923. The molecule has 0 saturated heterocycles. The molecule has 0 aromatic rings. The molecule has 0 aromatic carbocycles. The van der Waals surface area contributed by atoms with Crippen molar-refractivity contribution in [3.05, 3.63) is 0 Å². The molecule has 0 rings (SSSR count). The molecule has 6 heteroatoms. The van der Waals surface area contributed by atoms with Crippen molar-refractivity contribution in [3.8, 4) is 0 Å². The quantitative estimate of drug-likeness (QED) is 0.575. The lowest BCUT2D eigenvalue weighted by Gasteiger charge is -2.30. The van der Waals surface area contributed by atoms with Gasteiger partial charge in [0.25, 0.3) is 10.1 Å². The van der Waals surface area contributed by atoms with Gasteiger partial charge in [-0.2, -0.15) is 8.42 Å². The van der Waals surface area contributed by atoms with Crippen molar-refractivity contribution in [2.75, 3.05) is 12.9 Å². The molecular formula is C13H26O5S. The molecule has 5 nitrogen and oxygen atoms in total. The number of carbonyl (C=O) groups excluding carboxylic acids is 1. The van der Waals surface area contributed by atoms with E-state index >= 15 is 0 Å². The van der Waals surface area contributed by atoms with E-state index in [0.29, 0.717) is 0 Å². The number of hydrogen-bond donors (Lipinski definition) is 0. The Kier molecular flexibility index (Phi) is 6.02. The summed E-state index contributed by atoms with van der Waals surface area (Å²) in [5.41, 5.74) is -0.793. The Morgan fingerprint density at radius 2 is 1.58 bits per heavy atom. The van der Waals surface area contributed by atoms with E-state index < -0.39 is 15.7 Å². The Hall–Kier alpha value is -0.620. The fourth-order valence-electron chi connectivity index (χ4n) is 1.41. The second-order valence-corrected chi connectivity index (χ2v) is 8.49. The average molecular weight is 294 g/mol. The zero-order valence-corrected chi connectivity index (χ0v) is 13.8. The molecule has 1 atom stereocenters. The van der Waals surface area contributed by atoms with Crippen LogP contribution in [0.1, 0.15) is 48.0 Å².